The van der Waals surface area contributed by atoms with Crippen LogP contribution < -0.4 is 15.0 Å². The van der Waals surface area contributed by atoms with Gasteiger partial charge in [0.25, 0.3) is 0 Å². The zero-order valence-corrected chi connectivity index (χ0v) is 21.1. The molecule has 1 saturated heterocycles. The van der Waals surface area contributed by atoms with Crippen LogP contribution in [-0.4, -0.2) is 60.5 Å². The maximum Gasteiger partial charge on any atom is 0.326 e. The zero-order chi connectivity index (χ0) is 24.6. The average Bonchev–Trinajstić information content (AvgIpc) is 3.62. The molecule has 2 aliphatic heterocycles. The lowest BCUT2D eigenvalue weighted by Crippen LogP contribution is -2.44. The van der Waals surface area contributed by atoms with Gasteiger partial charge < -0.3 is 19.9 Å². The molecule has 4 heterocycles. The van der Waals surface area contributed by atoms with Crippen molar-refractivity contribution >= 4 is 40.5 Å². The monoisotopic (exact) mass is 502 g/mol. The van der Waals surface area contributed by atoms with E-state index in [0.29, 0.717) is 17.9 Å². The number of aliphatic imine (C=N–C) groups is 1. The second-order valence-electron chi connectivity index (χ2n) is 9.38. The maximum absolute atomic E-state index is 15.3. The number of hydrogen-bond acceptors (Lipinski definition) is 8. The van der Waals surface area contributed by atoms with Crippen molar-refractivity contribution in [3.63, 3.8) is 0 Å². The van der Waals surface area contributed by atoms with Gasteiger partial charge in [0.15, 0.2) is 11.6 Å². The third-order valence-corrected chi connectivity index (χ3v) is 7.59. The van der Waals surface area contributed by atoms with E-state index in [1.54, 1.807) is 17.4 Å². The number of likely N-dealkylation sites (N-methyl/N-ethyl adjacent to an activating group) is 1. The Bertz CT molecular complexity index is 1390. The number of thiophene rings is 1. The van der Waals surface area contributed by atoms with Gasteiger partial charge in [-0.2, -0.15) is 9.97 Å². The second-order valence-corrected chi connectivity index (χ2v) is 10.3. The minimum Gasteiger partial charge on any atom is -0.421 e. The molecule has 1 fully saturated rings. The Balaban J connectivity index is 1.30. The molecule has 1 aliphatic carbocycles. The van der Waals surface area contributed by atoms with Crippen LogP contribution in [-0.2, 0) is 6.42 Å². The van der Waals surface area contributed by atoms with Gasteiger partial charge in [0.05, 0.1) is 6.54 Å². The van der Waals surface area contributed by atoms with Crippen LogP contribution in [0, 0.1) is 5.82 Å². The third-order valence-electron chi connectivity index (χ3n) is 6.64. The van der Waals surface area contributed by atoms with Crippen molar-refractivity contribution in [2.24, 2.45) is 4.99 Å². The van der Waals surface area contributed by atoms with E-state index in [2.05, 4.69) is 48.6 Å². The first kappa shape index (κ1) is 22.9. The summed E-state index contributed by atoms with van der Waals surface area (Å²) >= 11 is 1.70. The molecule has 0 amide bonds. The highest BCUT2D eigenvalue weighted by atomic mass is 32.1. The minimum atomic E-state index is -0.379. The Kier molecular flexibility index (Phi) is 6.02. The van der Waals surface area contributed by atoms with Gasteiger partial charge in [-0.1, -0.05) is 23.8 Å². The van der Waals surface area contributed by atoms with Crippen LogP contribution in [0.3, 0.4) is 0 Å². The normalized spacial score (nSPS) is 17.5. The first-order valence-corrected chi connectivity index (χ1v) is 12.9. The Morgan fingerprint density at radius 3 is 2.75 bits per heavy atom. The van der Waals surface area contributed by atoms with Crippen molar-refractivity contribution in [3.8, 4) is 11.8 Å². The van der Waals surface area contributed by atoms with Gasteiger partial charge in [0.2, 0.25) is 0 Å². The van der Waals surface area contributed by atoms with Gasteiger partial charge in [-0.25, -0.2) is 4.39 Å². The van der Waals surface area contributed by atoms with Crippen LogP contribution >= 0.6 is 11.3 Å². The van der Waals surface area contributed by atoms with Gasteiger partial charge in [-0.15, -0.1) is 11.3 Å². The van der Waals surface area contributed by atoms with Crippen molar-refractivity contribution < 1.29 is 9.13 Å². The van der Waals surface area contributed by atoms with Crippen LogP contribution in [0.25, 0.3) is 11.6 Å². The highest BCUT2D eigenvalue weighted by Crippen LogP contribution is 2.34. The molecular formula is C27H27FN6OS. The van der Waals surface area contributed by atoms with E-state index >= 15 is 4.39 Å². The van der Waals surface area contributed by atoms with E-state index in [0.717, 1.165) is 55.4 Å². The minimum absolute atomic E-state index is 0.104. The smallest absolute Gasteiger partial charge is 0.326 e. The van der Waals surface area contributed by atoms with Crippen LogP contribution in [0.5, 0.6) is 11.8 Å². The fourth-order valence-electron chi connectivity index (χ4n) is 4.66. The van der Waals surface area contributed by atoms with Crippen LogP contribution in [0.15, 0.2) is 52.4 Å². The van der Waals surface area contributed by atoms with Gasteiger partial charge in [0.1, 0.15) is 17.5 Å². The zero-order valence-electron chi connectivity index (χ0n) is 20.3. The Hall–Kier alpha value is -3.56. The molecule has 0 unspecified atom stereocenters. The Morgan fingerprint density at radius 1 is 1.08 bits per heavy atom. The number of nitrogens with zero attached hydrogens (tertiary/aromatic N) is 5. The number of fused-ring (bicyclic) bond motifs is 1. The average molecular weight is 503 g/mol. The summed E-state index contributed by atoms with van der Waals surface area (Å²) in [5.74, 6) is 1.79. The molecule has 184 valence electrons. The van der Waals surface area contributed by atoms with E-state index in [1.165, 1.54) is 10.5 Å². The number of hydrogen-bond donors (Lipinski definition) is 1. The van der Waals surface area contributed by atoms with Crippen LogP contribution in [0.4, 0.5) is 16.0 Å². The molecule has 0 radical (unpaired) electrons. The fourth-order valence-corrected chi connectivity index (χ4v) is 5.40. The van der Waals surface area contributed by atoms with Crippen molar-refractivity contribution in [2.45, 2.75) is 13.3 Å². The number of allylic oxidation sites excluding steroid dienone is 1. The summed E-state index contributed by atoms with van der Waals surface area (Å²) in [6, 6.07) is 9.72. The Labute approximate surface area is 213 Å². The lowest BCUT2D eigenvalue weighted by atomic mass is 10.1. The standard InChI is InChI=1S/C27H27FN6OS/c1-17-12-18-5-6-21(26(28)20(18)13-17)35-27-31-24(15-25(32-27)34-9-7-33(2)8-10-34)30-23-14-19(16-29-23)22-4-3-11-36-22/h3-6,11,13-15H,7-10,12,16H2,1-2H3,(H,29,30,31,32). The van der Waals surface area contributed by atoms with Crippen molar-refractivity contribution in [3.05, 3.63) is 69.2 Å². The predicted octanol–water partition coefficient (Wildman–Crippen LogP) is 5.09. The number of amidine groups is 1. The summed E-state index contributed by atoms with van der Waals surface area (Å²) in [7, 11) is 2.11. The van der Waals surface area contributed by atoms with Crippen LogP contribution in [0.1, 0.15) is 22.9 Å². The molecule has 1 N–H and O–H groups in total. The van der Waals surface area contributed by atoms with Gasteiger partial charge in [-0.3, -0.25) is 4.99 Å². The third kappa shape index (κ3) is 4.64. The first-order chi connectivity index (χ1) is 17.5. The predicted molar refractivity (Wildman–Crippen MR) is 144 cm³/mol. The molecule has 0 spiro atoms. The van der Waals surface area contributed by atoms with Gasteiger partial charge in [0, 0.05) is 42.7 Å². The summed E-state index contributed by atoms with van der Waals surface area (Å²) in [5, 5.41) is 5.38. The van der Waals surface area contributed by atoms with E-state index in [9.17, 15) is 0 Å². The largest absolute Gasteiger partial charge is 0.421 e. The fraction of sp³-hybridized carbons (Fsp3) is 0.296. The SMILES string of the molecule is CC1=Cc2c(ccc(Oc3nc(NC4=NCC(c5cccs5)=C4)cc(N4CCN(C)CC4)n3)c2F)C1. The number of aromatic nitrogens is 2. The molecule has 0 atom stereocenters. The molecule has 36 heavy (non-hydrogen) atoms. The summed E-state index contributed by atoms with van der Waals surface area (Å²) in [6.45, 7) is 6.18. The summed E-state index contributed by atoms with van der Waals surface area (Å²) in [4.78, 5) is 19.5. The maximum atomic E-state index is 15.3. The molecule has 0 bridgehead atoms. The number of nitrogens with one attached hydrogen (secondary N) is 1. The van der Waals surface area contributed by atoms with E-state index < -0.39 is 0 Å². The van der Waals surface area contributed by atoms with Gasteiger partial charge in [-0.05, 0) is 55.1 Å². The van der Waals surface area contributed by atoms with Gasteiger partial charge >= 0.3 is 6.01 Å². The topological polar surface area (TPSA) is 65.9 Å². The molecule has 3 aliphatic rings. The molecule has 9 heteroatoms. The van der Waals surface area contributed by atoms with Crippen molar-refractivity contribution in [1.82, 2.24) is 14.9 Å². The first-order valence-electron chi connectivity index (χ1n) is 12.1. The molecular weight excluding hydrogens is 475 g/mol. The molecule has 6 rings (SSSR count). The quantitative estimate of drug-likeness (QED) is 0.525. The lowest BCUT2D eigenvalue weighted by molar-refractivity contribution is 0.311. The number of halogens is 1. The number of rotatable bonds is 5. The van der Waals surface area contributed by atoms with Crippen molar-refractivity contribution in [1.29, 1.82) is 0 Å². The highest BCUT2D eigenvalue weighted by Gasteiger charge is 2.22. The molecule has 1 aromatic carbocycles. The molecule has 0 saturated carbocycles. The Morgan fingerprint density at radius 2 is 1.94 bits per heavy atom. The molecule has 3 aromatic rings. The summed E-state index contributed by atoms with van der Waals surface area (Å²) in [5.41, 5.74) is 3.86. The van der Waals surface area contributed by atoms with Crippen LogP contribution in [0.2, 0.25) is 0 Å². The second kappa shape index (κ2) is 9.48. The number of ether oxygens (including phenoxy) is 1. The lowest BCUT2D eigenvalue weighted by Gasteiger charge is -2.33. The van der Waals surface area contributed by atoms with E-state index in [-0.39, 0.29) is 17.6 Å². The number of piperazine rings is 1. The van der Waals surface area contributed by atoms with E-state index in [4.69, 9.17) is 4.74 Å². The highest BCUT2D eigenvalue weighted by molar-refractivity contribution is 7.11. The van der Waals surface area contributed by atoms with E-state index in [1.807, 2.05) is 37.3 Å². The summed E-state index contributed by atoms with van der Waals surface area (Å²) in [6.07, 6.45) is 4.68. The van der Waals surface area contributed by atoms with Crippen molar-refractivity contribution in [2.75, 3.05) is 50.0 Å². The number of anilines is 2. The molecule has 2 aromatic heterocycles. The number of benzene rings is 1. The summed E-state index contributed by atoms with van der Waals surface area (Å²) < 4.78 is 21.2. The molecule has 7 nitrogen and oxygen atoms in total.